The van der Waals surface area contributed by atoms with Gasteiger partial charge in [0.25, 0.3) is 0 Å². The fourth-order valence-corrected chi connectivity index (χ4v) is 5.65. The molecule has 0 unspecified atom stereocenters. The second-order valence-corrected chi connectivity index (χ2v) is 12.0. The van der Waals surface area contributed by atoms with Crippen LogP contribution in [0.1, 0.15) is 26.3 Å². The molecule has 10 atom stereocenters. The molecule has 0 saturated carbocycles. The van der Waals surface area contributed by atoms with Crippen molar-refractivity contribution >= 4 is 11.0 Å². The SMILES string of the molecule is COc1ccc(-c2oc3c(CC=C(C)C)c(O)cc(O)c3c(=O)c2O[C@H]2O[C@H](C)[C@@H](O[C@H]3O[C@@H](CO)[C@H](O)[C@@H](O)[C@@H]3O)[C@H](O)[C@@H]2O)cc1. The second kappa shape index (κ2) is 14.4. The molecule has 8 N–H and O–H groups in total. The maximum atomic E-state index is 14.1. The van der Waals surface area contributed by atoms with Gasteiger partial charge in [0.1, 0.15) is 70.9 Å². The Morgan fingerprint density at radius 2 is 1.56 bits per heavy atom. The molecule has 2 saturated heterocycles. The van der Waals surface area contributed by atoms with Crippen molar-refractivity contribution in [3.05, 3.63) is 57.8 Å². The molecular weight excluding hydrogens is 636 g/mol. The number of aromatic hydroxyl groups is 2. The van der Waals surface area contributed by atoms with Crippen LogP contribution < -0.4 is 14.9 Å². The van der Waals surface area contributed by atoms with E-state index in [1.165, 1.54) is 14.0 Å². The van der Waals surface area contributed by atoms with Crippen LogP contribution in [0.5, 0.6) is 23.0 Å². The van der Waals surface area contributed by atoms with E-state index in [1.807, 2.05) is 13.8 Å². The Bertz CT molecular complexity index is 1680. The van der Waals surface area contributed by atoms with Crippen molar-refractivity contribution in [2.24, 2.45) is 0 Å². The van der Waals surface area contributed by atoms with Gasteiger partial charge in [-0.2, -0.15) is 0 Å². The van der Waals surface area contributed by atoms with Gasteiger partial charge in [0.05, 0.1) is 19.8 Å². The summed E-state index contributed by atoms with van der Waals surface area (Å²) in [4.78, 5) is 14.1. The monoisotopic (exact) mass is 676 g/mol. The summed E-state index contributed by atoms with van der Waals surface area (Å²) < 4.78 is 34.3. The standard InChI is InChI=1S/C33H40O15/c1-13(2)5-10-17-18(35)11-19(36)21-23(38)31(29(46-30(17)21)15-6-8-16(43-4)9-7-15)48-32-27(42)25(40)28(14(3)44-32)47-33-26(41)24(39)22(37)20(12-34)45-33/h5-9,11,14,20,22,24-28,32-37,39-42H,10,12H2,1-4H3/t14-,20+,22+,24-,25-,26+,27+,28-,32-,33-/m1/s1. The van der Waals surface area contributed by atoms with Gasteiger partial charge in [-0.3, -0.25) is 4.79 Å². The fourth-order valence-electron chi connectivity index (χ4n) is 5.65. The molecule has 15 heteroatoms. The van der Waals surface area contributed by atoms with Gasteiger partial charge in [-0.05, 0) is 51.5 Å². The number of hydrogen-bond acceptors (Lipinski definition) is 15. The summed E-state index contributed by atoms with van der Waals surface area (Å²) in [6.45, 7) is 4.44. The molecule has 5 rings (SSSR count). The smallest absolute Gasteiger partial charge is 0.239 e. The Morgan fingerprint density at radius 3 is 2.19 bits per heavy atom. The van der Waals surface area contributed by atoms with Crippen molar-refractivity contribution in [2.75, 3.05) is 13.7 Å². The molecule has 0 spiro atoms. The summed E-state index contributed by atoms with van der Waals surface area (Å²) in [6, 6.07) is 7.38. The van der Waals surface area contributed by atoms with Crippen LogP contribution in [0.25, 0.3) is 22.3 Å². The van der Waals surface area contributed by atoms with Crippen molar-refractivity contribution in [3.8, 4) is 34.3 Å². The molecule has 0 bridgehead atoms. The number of benzene rings is 2. The lowest BCUT2D eigenvalue weighted by atomic mass is 9.97. The first-order chi connectivity index (χ1) is 22.8. The van der Waals surface area contributed by atoms with E-state index in [0.29, 0.717) is 11.3 Å². The van der Waals surface area contributed by atoms with Gasteiger partial charge < -0.3 is 69.0 Å². The lowest BCUT2D eigenvalue weighted by Gasteiger charge is -2.45. The second-order valence-electron chi connectivity index (χ2n) is 12.0. The highest BCUT2D eigenvalue weighted by molar-refractivity contribution is 5.91. The van der Waals surface area contributed by atoms with Gasteiger partial charge in [0.2, 0.25) is 17.5 Å². The molecule has 3 aromatic rings. The number of aliphatic hydroxyl groups excluding tert-OH is 6. The lowest BCUT2D eigenvalue weighted by Crippen LogP contribution is -2.64. The van der Waals surface area contributed by atoms with E-state index >= 15 is 0 Å². The quantitative estimate of drug-likeness (QED) is 0.143. The van der Waals surface area contributed by atoms with E-state index in [9.17, 15) is 45.6 Å². The fraction of sp³-hybridized carbons (Fsp3) is 0.485. The molecule has 0 radical (unpaired) electrons. The number of methoxy groups -OCH3 is 1. The lowest BCUT2D eigenvalue weighted by molar-refractivity contribution is -0.348. The van der Waals surface area contributed by atoms with Crippen LogP contribution in [-0.2, 0) is 20.6 Å². The Balaban J connectivity index is 1.52. The van der Waals surface area contributed by atoms with Crippen LogP contribution in [0.15, 0.2) is 51.2 Å². The molecule has 2 aromatic carbocycles. The number of ether oxygens (including phenoxy) is 5. The third kappa shape index (κ3) is 6.74. The van der Waals surface area contributed by atoms with Gasteiger partial charge in [0.15, 0.2) is 12.1 Å². The molecule has 0 aliphatic carbocycles. The van der Waals surface area contributed by atoms with E-state index in [4.69, 9.17) is 28.1 Å². The van der Waals surface area contributed by atoms with Crippen molar-refractivity contribution in [1.82, 2.24) is 0 Å². The molecule has 1 aromatic heterocycles. The Morgan fingerprint density at radius 1 is 0.896 bits per heavy atom. The number of hydrogen-bond donors (Lipinski definition) is 8. The van der Waals surface area contributed by atoms with Crippen LogP contribution in [0.4, 0.5) is 0 Å². The Labute approximate surface area is 274 Å². The maximum Gasteiger partial charge on any atom is 0.239 e. The number of rotatable bonds is 9. The minimum Gasteiger partial charge on any atom is -0.507 e. The summed E-state index contributed by atoms with van der Waals surface area (Å²) in [5.41, 5.74) is 0.519. The van der Waals surface area contributed by atoms with Crippen LogP contribution in [0, 0.1) is 0 Å². The third-order valence-corrected chi connectivity index (χ3v) is 8.40. The average molecular weight is 677 g/mol. The molecule has 2 fully saturated rings. The zero-order valence-corrected chi connectivity index (χ0v) is 26.6. The van der Waals surface area contributed by atoms with E-state index < -0.39 is 84.9 Å². The first-order valence-corrected chi connectivity index (χ1v) is 15.2. The Kier molecular flexibility index (Phi) is 10.6. The summed E-state index contributed by atoms with van der Waals surface area (Å²) in [6.07, 6.45) is -14.0. The number of aliphatic hydroxyl groups is 6. The highest BCUT2D eigenvalue weighted by Gasteiger charge is 2.50. The van der Waals surface area contributed by atoms with Crippen LogP contribution in [0.3, 0.4) is 0 Å². The first-order valence-electron chi connectivity index (χ1n) is 15.2. The molecule has 262 valence electrons. The molecule has 2 aliphatic heterocycles. The van der Waals surface area contributed by atoms with Crippen LogP contribution in [0.2, 0.25) is 0 Å². The van der Waals surface area contributed by atoms with Gasteiger partial charge in [-0.15, -0.1) is 0 Å². The van der Waals surface area contributed by atoms with E-state index in [1.54, 1.807) is 30.3 Å². The zero-order chi connectivity index (χ0) is 35.0. The maximum absolute atomic E-state index is 14.1. The van der Waals surface area contributed by atoms with Gasteiger partial charge in [-0.1, -0.05) is 11.6 Å². The van der Waals surface area contributed by atoms with Crippen molar-refractivity contribution < 1.29 is 69.0 Å². The molecular formula is C33H40O15. The predicted octanol–water partition coefficient (Wildman–Crippen LogP) is 0.419. The first kappa shape index (κ1) is 35.5. The number of fused-ring (bicyclic) bond motifs is 1. The molecule has 0 amide bonds. The van der Waals surface area contributed by atoms with E-state index in [0.717, 1.165) is 11.6 Å². The summed E-state index contributed by atoms with van der Waals surface area (Å²) in [7, 11) is 1.48. The summed E-state index contributed by atoms with van der Waals surface area (Å²) >= 11 is 0. The van der Waals surface area contributed by atoms with Gasteiger partial charge in [-0.25, -0.2) is 0 Å². The molecule has 48 heavy (non-hydrogen) atoms. The summed E-state index contributed by atoms with van der Waals surface area (Å²) in [5.74, 6) is -1.02. The zero-order valence-electron chi connectivity index (χ0n) is 26.6. The molecule has 3 heterocycles. The van der Waals surface area contributed by atoms with Crippen molar-refractivity contribution in [1.29, 1.82) is 0 Å². The average Bonchev–Trinajstić information content (AvgIpc) is 3.05. The van der Waals surface area contributed by atoms with Crippen LogP contribution >= 0.6 is 0 Å². The van der Waals surface area contributed by atoms with E-state index in [2.05, 4.69) is 0 Å². The Hall–Kier alpha value is -3.77. The van der Waals surface area contributed by atoms with Crippen molar-refractivity contribution in [2.45, 2.75) is 88.6 Å². The molecule has 2 aliphatic rings. The minimum absolute atomic E-state index is 0.0975. The number of phenolic OH excluding ortho intramolecular Hbond substituents is 2. The number of allylic oxidation sites excluding steroid dienone is 2. The predicted molar refractivity (Wildman–Crippen MR) is 167 cm³/mol. The largest absolute Gasteiger partial charge is 0.507 e. The van der Waals surface area contributed by atoms with Gasteiger partial charge in [0, 0.05) is 17.2 Å². The summed E-state index contributed by atoms with van der Waals surface area (Å²) in [5, 5.41) is 83.5. The normalized spacial score (nSPS) is 30.6. The van der Waals surface area contributed by atoms with Crippen molar-refractivity contribution in [3.63, 3.8) is 0 Å². The highest BCUT2D eigenvalue weighted by Crippen LogP contribution is 2.40. The minimum atomic E-state index is -1.88. The topological polar surface area (TPSA) is 238 Å². The number of phenols is 2. The van der Waals surface area contributed by atoms with Crippen LogP contribution in [-0.4, -0.2) is 116 Å². The third-order valence-electron chi connectivity index (χ3n) is 8.40. The highest BCUT2D eigenvalue weighted by atomic mass is 16.7. The van der Waals surface area contributed by atoms with Gasteiger partial charge >= 0.3 is 0 Å². The van der Waals surface area contributed by atoms with E-state index in [-0.39, 0.29) is 34.5 Å². The molecule has 15 nitrogen and oxygen atoms in total.